The van der Waals surface area contributed by atoms with Crippen LogP contribution in [0.4, 0.5) is 0 Å². The maximum Gasteiger partial charge on any atom is 0.342 e. The van der Waals surface area contributed by atoms with Crippen LogP contribution >= 0.6 is 0 Å². The molecule has 1 heterocycles. The molecule has 4 rings (SSSR count). The van der Waals surface area contributed by atoms with Crippen molar-refractivity contribution in [2.75, 3.05) is 14.2 Å². The van der Waals surface area contributed by atoms with Gasteiger partial charge in [0.2, 0.25) is 0 Å². The fraction of sp³-hybridized carbons (Fsp3) is 0.185. The molecule has 0 aromatic heterocycles. The number of fused-ring (bicyclic) bond motifs is 1. The molecule has 0 radical (unpaired) electrons. The minimum absolute atomic E-state index is 0.0174. The third-order valence-electron chi connectivity index (χ3n) is 5.27. The Morgan fingerprint density at radius 2 is 1.45 bits per heavy atom. The average molecular weight is 444 g/mol. The fourth-order valence-electron chi connectivity index (χ4n) is 3.72. The van der Waals surface area contributed by atoms with Crippen molar-refractivity contribution in [2.24, 2.45) is 0 Å². The Hall–Kier alpha value is -4.06. The number of carbonyl (C=O) groups excluding carboxylic acids is 2. The summed E-state index contributed by atoms with van der Waals surface area (Å²) >= 11 is 0. The molecule has 33 heavy (non-hydrogen) atoms. The van der Waals surface area contributed by atoms with Crippen molar-refractivity contribution in [3.63, 3.8) is 0 Å². The van der Waals surface area contributed by atoms with Gasteiger partial charge in [0.25, 0.3) is 0 Å². The van der Waals surface area contributed by atoms with E-state index < -0.39 is 17.5 Å². The van der Waals surface area contributed by atoms with Gasteiger partial charge in [-0.25, -0.2) is 9.59 Å². The van der Waals surface area contributed by atoms with Crippen LogP contribution in [0.5, 0.6) is 17.2 Å². The lowest BCUT2D eigenvalue weighted by Crippen LogP contribution is -2.30. The molecule has 6 heteroatoms. The van der Waals surface area contributed by atoms with E-state index in [2.05, 4.69) is 0 Å². The van der Waals surface area contributed by atoms with Crippen molar-refractivity contribution in [1.29, 1.82) is 0 Å². The van der Waals surface area contributed by atoms with Crippen molar-refractivity contribution < 1.29 is 28.5 Å². The van der Waals surface area contributed by atoms with Crippen molar-refractivity contribution in [2.45, 2.75) is 19.4 Å². The normalized spacial score (nSPS) is 13.5. The summed E-state index contributed by atoms with van der Waals surface area (Å²) in [5, 5.41) is 0. The van der Waals surface area contributed by atoms with E-state index in [1.54, 1.807) is 12.1 Å². The number of carbonyl (C=O) groups is 2. The summed E-state index contributed by atoms with van der Waals surface area (Å²) in [6.07, 6.45) is 3.76. The molecule has 0 unspecified atom stereocenters. The largest absolute Gasteiger partial charge is 0.482 e. The molecule has 0 atom stereocenters. The molecule has 0 bridgehead atoms. The summed E-state index contributed by atoms with van der Waals surface area (Å²) in [5.74, 6) is 0.0612. The second-order valence-corrected chi connectivity index (χ2v) is 8.03. The van der Waals surface area contributed by atoms with Crippen LogP contribution in [0.25, 0.3) is 17.2 Å². The summed E-state index contributed by atoms with van der Waals surface area (Å²) in [6, 6.07) is 18.4. The SMILES string of the molecule is COC(=O)c1c(-c2ccccc2Oc2ccccc2)cc2c(c1C(=O)OC)OC(C)(C)C=C2. The van der Waals surface area contributed by atoms with Gasteiger partial charge in [0.05, 0.1) is 19.8 Å². The monoisotopic (exact) mass is 444 g/mol. The van der Waals surface area contributed by atoms with Crippen LogP contribution in [0.2, 0.25) is 0 Å². The third-order valence-corrected chi connectivity index (χ3v) is 5.27. The van der Waals surface area contributed by atoms with Crippen LogP contribution in [-0.4, -0.2) is 31.8 Å². The molecule has 0 fully saturated rings. The van der Waals surface area contributed by atoms with Crippen molar-refractivity contribution >= 4 is 18.0 Å². The zero-order chi connectivity index (χ0) is 23.6. The highest BCUT2D eigenvalue weighted by Gasteiger charge is 2.34. The second kappa shape index (κ2) is 8.82. The van der Waals surface area contributed by atoms with E-state index in [9.17, 15) is 9.59 Å². The van der Waals surface area contributed by atoms with Gasteiger partial charge < -0.3 is 18.9 Å². The zero-order valence-corrected chi connectivity index (χ0v) is 18.9. The molecule has 0 aliphatic carbocycles. The molecule has 0 spiro atoms. The number of para-hydroxylation sites is 2. The van der Waals surface area contributed by atoms with E-state index in [4.69, 9.17) is 18.9 Å². The topological polar surface area (TPSA) is 71.1 Å². The van der Waals surface area contributed by atoms with Crippen molar-refractivity contribution in [1.82, 2.24) is 0 Å². The van der Waals surface area contributed by atoms with E-state index >= 15 is 0 Å². The van der Waals surface area contributed by atoms with Crippen molar-refractivity contribution in [3.8, 4) is 28.4 Å². The Morgan fingerprint density at radius 1 is 0.818 bits per heavy atom. The van der Waals surface area contributed by atoms with Gasteiger partial charge >= 0.3 is 11.9 Å². The van der Waals surface area contributed by atoms with E-state index in [1.165, 1.54) is 14.2 Å². The lowest BCUT2D eigenvalue weighted by atomic mass is 9.89. The first-order valence-electron chi connectivity index (χ1n) is 10.4. The van der Waals surface area contributed by atoms with Gasteiger partial charge in [-0.15, -0.1) is 0 Å². The van der Waals surface area contributed by atoms with E-state index in [1.807, 2.05) is 74.5 Å². The van der Waals surface area contributed by atoms with Gasteiger partial charge in [-0.3, -0.25) is 0 Å². The summed E-state index contributed by atoms with van der Waals surface area (Å²) in [6.45, 7) is 3.73. The molecule has 1 aliphatic rings. The molecule has 0 saturated heterocycles. The molecular weight excluding hydrogens is 420 g/mol. The third kappa shape index (κ3) is 4.32. The molecule has 1 aliphatic heterocycles. The highest BCUT2D eigenvalue weighted by molar-refractivity contribution is 6.11. The first-order valence-corrected chi connectivity index (χ1v) is 10.4. The summed E-state index contributed by atoms with van der Waals surface area (Å²) in [7, 11) is 2.53. The van der Waals surface area contributed by atoms with Crippen LogP contribution in [0.3, 0.4) is 0 Å². The molecule has 0 N–H and O–H groups in total. The second-order valence-electron chi connectivity index (χ2n) is 8.03. The van der Waals surface area contributed by atoms with Crippen LogP contribution < -0.4 is 9.47 Å². The minimum Gasteiger partial charge on any atom is -0.482 e. The van der Waals surface area contributed by atoms with Crippen LogP contribution in [-0.2, 0) is 9.47 Å². The van der Waals surface area contributed by atoms with E-state index in [-0.39, 0.29) is 16.9 Å². The van der Waals surface area contributed by atoms with Gasteiger partial charge in [0.15, 0.2) is 0 Å². The maximum atomic E-state index is 13.0. The Bertz CT molecular complexity index is 1240. The number of esters is 2. The summed E-state index contributed by atoms with van der Waals surface area (Å²) < 4.78 is 22.3. The molecule has 168 valence electrons. The number of rotatable bonds is 5. The first kappa shape index (κ1) is 22.1. The van der Waals surface area contributed by atoms with Gasteiger partial charge in [0.1, 0.15) is 28.4 Å². The summed E-state index contributed by atoms with van der Waals surface area (Å²) in [4.78, 5) is 26.0. The van der Waals surface area contributed by atoms with Gasteiger partial charge in [-0.2, -0.15) is 0 Å². The Labute approximate surface area is 192 Å². The smallest absolute Gasteiger partial charge is 0.342 e. The van der Waals surface area contributed by atoms with Crippen LogP contribution in [0.15, 0.2) is 66.7 Å². The zero-order valence-electron chi connectivity index (χ0n) is 18.9. The highest BCUT2D eigenvalue weighted by atomic mass is 16.5. The number of methoxy groups -OCH3 is 2. The highest BCUT2D eigenvalue weighted by Crippen LogP contribution is 2.44. The van der Waals surface area contributed by atoms with Gasteiger partial charge in [-0.05, 0) is 44.2 Å². The van der Waals surface area contributed by atoms with E-state index in [0.717, 1.165) is 0 Å². The lowest BCUT2D eigenvalue weighted by Gasteiger charge is -2.30. The van der Waals surface area contributed by atoms with Crippen molar-refractivity contribution in [3.05, 3.63) is 83.4 Å². The quantitative estimate of drug-likeness (QED) is 0.456. The Kier molecular flexibility index (Phi) is 5.92. The van der Waals surface area contributed by atoms with Crippen LogP contribution in [0.1, 0.15) is 40.1 Å². The minimum atomic E-state index is -0.693. The summed E-state index contributed by atoms with van der Waals surface area (Å²) in [5.41, 5.74) is 1.14. The maximum absolute atomic E-state index is 13.0. The fourth-order valence-corrected chi connectivity index (χ4v) is 3.72. The molecule has 6 nitrogen and oxygen atoms in total. The number of hydrogen-bond acceptors (Lipinski definition) is 6. The van der Waals surface area contributed by atoms with Gasteiger partial charge in [-0.1, -0.05) is 42.5 Å². The molecule has 0 saturated carbocycles. The Morgan fingerprint density at radius 3 is 2.15 bits per heavy atom. The molecular formula is C27H24O6. The predicted molar refractivity (Wildman–Crippen MR) is 125 cm³/mol. The number of ether oxygens (including phenoxy) is 4. The van der Waals surface area contributed by atoms with Crippen LogP contribution in [0, 0.1) is 0 Å². The average Bonchev–Trinajstić information content (AvgIpc) is 2.82. The lowest BCUT2D eigenvalue weighted by molar-refractivity contribution is 0.0545. The predicted octanol–water partition coefficient (Wildman–Crippen LogP) is 5.90. The standard InChI is InChI=1S/C27H24O6/c1-27(2)15-14-17-16-20(22(25(28)30-3)23(24(17)33-27)26(29)31-4)19-12-8-9-13-21(19)32-18-10-6-5-7-11-18/h5-16H,1-4H3. The number of hydrogen-bond donors (Lipinski definition) is 0. The Balaban J connectivity index is 2.01. The molecule has 0 amide bonds. The van der Waals surface area contributed by atoms with Gasteiger partial charge in [0, 0.05) is 16.7 Å². The molecule has 3 aromatic rings. The molecule has 3 aromatic carbocycles. The van der Waals surface area contributed by atoms with E-state index in [0.29, 0.717) is 28.2 Å². The number of benzene rings is 3. The first-order chi connectivity index (χ1) is 15.8.